The van der Waals surface area contributed by atoms with Gasteiger partial charge >= 0.3 is 0 Å². The average Bonchev–Trinajstić information content (AvgIpc) is 3.32. The van der Waals surface area contributed by atoms with Gasteiger partial charge in [0.05, 0.1) is 6.04 Å². The summed E-state index contributed by atoms with van der Waals surface area (Å²) in [6.45, 7) is 3.09. The highest BCUT2D eigenvalue weighted by molar-refractivity contribution is 5.91. The molecule has 2 aliphatic heterocycles. The third-order valence-electron chi connectivity index (χ3n) is 6.11. The van der Waals surface area contributed by atoms with E-state index in [0.29, 0.717) is 50.7 Å². The molecule has 26 heavy (non-hydrogen) atoms. The standard InChI is InChI=1S/C17H23FN6O2/c18-17(4-1-5-17)16(26)23-7-6-22-8-9-24-13(12(22)10-23)20-21-14(24)15(25)19-11-2-3-11/h11-12H,1-10H2,(H,19,25)/t12-/m0/s1. The van der Waals surface area contributed by atoms with Gasteiger partial charge in [-0.15, -0.1) is 10.2 Å². The van der Waals surface area contributed by atoms with Crippen molar-refractivity contribution >= 4 is 11.8 Å². The molecule has 3 heterocycles. The Morgan fingerprint density at radius 1 is 1.12 bits per heavy atom. The molecule has 5 rings (SSSR count). The van der Waals surface area contributed by atoms with Crippen LogP contribution in [0.2, 0.25) is 0 Å². The van der Waals surface area contributed by atoms with Crippen molar-refractivity contribution in [1.29, 1.82) is 0 Å². The second-order valence-corrected chi connectivity index (χ2v) is 7.90. The molecule has 9 heteroatoms. The van der Waals surface area contributed by atoms with Gasteiger partial charge < -0.3 is 14.8 Å². The van der Waals surface area contributed by atoms with E-state index in [1.54, 1.807) is 4.90 Å². The molecule has 8 nitrogen and oxygen atoms in total. The van der Waals surface area contributed by atoms with Crippen LogP contribution in [-0.4, -0.2) is 74.3 Å². The monoisotopic (exact) mass is 362 g/mol. The largest absolute Gasteiger partial charge is 0.347 e. The molecular weight excluding hydrogens is 339 g/mol. The first kappa shape index (κ1) is 16.2. The highest BCUT2D eigenvalue weighted by Crippen LogP contribution is 2.39. The van der Waals surface area contributed by atoms with Crippen molar-refractivity contribution in [3.63, 3.8) is 0 Å². The number of piperazine rings is 1. The van der Waals surface area contributed by atoms with Gasteiger partial charge in [0, 0.05) is 38.8 Å². The minimum atomic E-state index is -1.67. The van der Waals surface area contributed by atoms with E-state index in [-0.39, 0.29) is 23.9 Å². The van der Waals surface area contributed by atoms with Crippen LogP contribution in [-0.2, 0) is 11.3 Å². The summed E-state index contributed by atoms with van der Waals surface area (Å²) < 4.78 is 16.4. The molecule has 2 aliphatic carbocycles. The summed E-state index contributed by atoms with van der Waals surface area (Å²) in [5.74, 6) is 0.486. The van der Waals surface area contributed by atoms with Crippen LogP contribution in [0.5, 0.6) is 0 Å². The maximum Gasteiger partial charge on any atom is 0.289 e. The first-order valence-corrected chi connectivity index (χ1v) is 9.51. The maximum absolute atomic E-state index is 14.6. The molecule has 4 aliphatic rings. The summed E-state index contributed by atoms with van der Waals surface area (Å²) in [7, 11) is 0. The number of rotatable bonds is 3. The Morgan fingerprint density at radius 2 is 1.88 bits per heavy atom. The zero-order valence-corrected chi connectivity index (χ0v) is 14.7. The lowest BCUT2D eigenvalue weighted by atomic mass is 9.80. The first-order valence-electron chi connectivity index (χ1n) is 9.51. The number of amides is 2. The van der Waals surface area contributed by atoms with Crippen LogP contribution in [0, 0.1) is 0 Å². The fourth-order valence-corrected chi connectivity index (χ4v) is 4.16. The summed E-state index contributed by atoms with van der Waals surface area (Å²) in [5, 5.41) is 11.3. The number of nitrogens with one attached hydrogen (secondary N) is 1. The van der Waals surface area contributed by atoms with E-state index < -0.39 is 5.67 Å². The summed E-state index contributed by atoms with van der Waals surface area (Å²) in [6, 6.07) is 0.140. The van der Waals surface area contributed by atoms with Gasteiger partial charge in [-0.2, -0.15) is 0 Å². The fraction of sp³-hybridized carbons (Fsp3) is 0.765. The van der Waals surface area contributed by atoms with Crippen molar-refractivity contribution in [3.05, 3.63) is 11.6 Å². The SMILES string of the molecule is O=C(NC1CC1)c1nnc2n1CCN1CCN(C(=O)C3(F)CCC3)C[C@@H]21. The number of hydrogen-bond acceptors (Lipinski definition) is 5. The lowest BCUT2D eigenvalue weighted by Gasteiger charge is -2.46. The predicted octanol–water partition coefficient (Wildman–Crippen LogP) is 0.261. The van der Waals surface area contributed by atoms with Crippen molar-refractivity contribution in [2.75, 3.05) is 26.2 Å². The highest BCUT2D eigenvalue weighted by Gasteiger charge is 2.49. The zero-order chi connectivity index (χ0) is 17.9. The van der Waals surface area contributed by atoms with E-state index in [9.17, 15) is 14.0 Å². The Morgan fingerprint density at radius 3 is 2.58 bits per heavy atom. The Hall–Kier alpha value is -2.03. The van der Waals surface area contributed by atoms with Crippen LogP contribution in [0.4, 0.5) is 4.39 Å². The number of carbonyl (C=O) groups excluding carboxylic acids is 2. The molecule has 0 aromatic carbocycles. The van der Waals surface area contributed by atoms with Crippen LogP contribution < -0.4 is 5.32 Å². The fourth-order valence-electron chi connectivity index (χ4n) is 4.16. The molecule has 0 spiro atoms. The molecule has 0 radical (unpaired) electrons. The van der Waals surface area contributed by atoms with Gasteiger partial charge in [0.1, 0.15) is 0 Å². The predicted molar refractivity (Wildman–Crippen MR) is 89.1 cm³/mol. The number of halogens is 1. The summed E-state index contributed by atoms with van der Waals surface area (Å²) in [4.78, 5) is 28.8. The topological polar surface area (TPSA) is 83.4 Å². The molecule has 1 saturated heterocycles. The van der Waals surface area contributed by atoms with Crippen molar-refractivity contribution in [2.45, 2.75) is 56.4 Å². The van der Waals surface area contributed by atoms with Crippen LogP contribution in [0.3, 0.4) is 0 Å². The highest BCUT2D eigenvalue weighted by atomic mass is 19.1. The molecule has 2 saturated carbocycles. The van der Waals surface area contributed by atoms with E-state index in [4.69, 9.17) is 0 Å². The van der Waals surface area contributed by atoms with Gasteiger partial charge in [0.15, 0.2) is 11.5 Å². The third-order valence-corrected chi connectivity index (χ3v) is 6.11. The molecule has 0 bridgehead atoms. The number of fused-ring (bicyclic) bond motifs is 3. The van der Waals surface area contributed by atoms with Gasteiger partial charge in [-0.05, 0) is 32.1 Å². The van der Waals surface area contributed by atoms with Crippen molar-refractivity contribution in [1.82, 2.24) is 29.9 Å². The van der Waals surface area contributed by atoms with Crippen molar-refractivity contribution in [2.24, 2.45) is 0 Å². The Kier molecular flexibility index (Phi) is 3.57. The maximum atomic E-state index is 14.6. The van der Waals surface area contributed by atoms with Crippen LogP contribution >= 0.6 is 0 Å². The normalized spacial score (nSPS) is 27.3. The van der Waals surface area contributed by atoms with E-state index in [1.807, 2.05) is 4.57 Å². The molecular formula is C17H23FN6O2. The molecule has 2 amide bonds. The smallest absolute Gasteiger partial charge is 0.289 e. The van der Waals surface area contributed by atoms with E-state index >= 15 is 0 Å². The summed E-state index contributed by atoms with van der Waals surface area (Å²) >= 11 is 0. The Bertz CT molecular complexity index is 756. The van der Waals surface area contributed by atoms with Gasteiger partial charge in [-0.1, -0.05) is 0 Å². The average molecular weight is 362 g/mol. The lowest BCUT2D eigenvalue weighted by Crippen LogP contribution is -2.58. The molecule has 140 valence electrons. The molecule has 1 atom stereocenters. The molecule has 0 unspecified atom stereocenters. The number of hydrogen-bond donors (Lipinski definition) is 1. The minimum Gasteiger partial charge on any atom is -0.347 e. The van der Waals surface area contributed by atoms with E-state index in [0.717, 1.165) is 25.8 Å². The zero-order valence-electron chi connectivity index (χ0n) is 14.7. The molecule has 1 aromatic rings. The Balaban J connectivity index is 1.36. The van der Waals surface area contributed by atoms with Crippen LogP contribution in [0.15, 0.2) is 0 Å². The van der Waals surface area contributed by atoms with Gasteiger partial charge in [0.2, 0.25) is 5.82 Å². The summed E-state index contributed by atoms with van der Waals surface area (Å²) in [6.07, 6.45) is 3.48. The quantitative estimate of drug-likeness (QED) is 0.834. The number of aromatic nitrogens is 3. The summed E-state index contributed by atoms with van der Waals surface area (Å²) in [5.41, 5.74) is -1.67. The first-order chi connectivity index (χ1) is 12.5. The third kappa shape index (κ3) is 2.52. The second kappa shape index (κ2) is 5.73. The van der Waals surface area contributed by atoms with Gasteiger partial charge in [-0.25, -0.2) is 4.39 Å². The number of nitrogens with zero attached hydrogens (tertiary/aromatic N) is 5. The molecule has 1 aromatic heterocycles. The number of alkyl halides is 1. The van der Waals surface area contributed by atoms with Crippen LogP contribution in [0.25, 0.3) is 0 Å². The minimum absolute atomic E-state index is 0.125. The second-order valence-electron chi connectivity index (χ2n) is 7.90. The lowest BCUT2D eigenvalue weighted by molar-refractivity contribution is -0.153. The number of carbonyl (C=O) groups is 2. The van der Waals surface area contributed by atoms with E-state index in [2.05, 4.69) is 20.4 Å². The molecule has 3 fully saturated rings. The van der Waals surface area contributed by atoms with Crippen LogP contribution in [0.1, 0.15) is 54.6 Å². The van der Waals surface area contributed by atoms with Crippen molar-refractivity contribution < 1.29 is 14.0 Å². The van der Waals surface area contributed by atoms with Crippen molar-refractivity contribution in [3.8, 4) is 0 Å². The van der Waals surface area contributed by atoms with Gasteiger partial charge in [-0.3, -0.25) is 14.5 Å². The van der Waals surface area contributed by atoms with E-state index in [1.165, 1.54) is 0 Å². The molecule has 1 N–H and O–H groups in total. The Labute approximate surface area is 150 Å². The van der Waals surface area contributed by atoms with Gasteiger partial charge in [0.25, 0.3) is 11.8 Å².